The van der Waals surface area contributed by atoms with Gasteiger partial charge in [0.1, 0.15) is 24.4 Å². The van der Waals surface area contributed by atoms with Gasteiger partial charge in [-0.25, -0.2) is 0 Å². The Labute approximate surface area is 177 Å². The van der Waals surface area contributed by atoms with Crippen molar-refractivity contribution in [2.24, 2.45) is 0 Å². The molecule has 0 radical (unpaired) electrons. The Bertz CT molecular complexity index is 390. The molecule has 0 saturated carbocycles. The van der Waals surface area contributed by atoms with E-state index in [1.165, 1.54) is 70.6 Å². The average molecular weight is 419 g/mol. The van der Waals surface area contributed by atoms with E-state index in [0.29, 0.717) is 12.8 Å². The zero-order chi connectivity index (χ0) is 22.1. The molecule has 0 rings (SSSR count). The van der Waals surface area contributed by atoms with Crippen molar-refractivity contribution >= 4 is 5.78 Å². The predicted octanol–water partition coefficient (Wildman–Crippen LogP) is 3.25. The first-order valence-corrected chi connectivity index (χ1v) is 11.7. The quantitative estimate of drug-likeness (QED) is 0.194. The zero-order valence-corrected chi connectivity index (χ0v) is 18.6. The van der Waals surface area contributed by atoms with Crippen LogP contribution in [0, 0.1) is 0 Å². The summed E-state index contributed by atoms with van der Waals surface area (Å²) in [5, 5.41) is 48.8. The number of aliphatic hydroxyl groups is 5. The number of carbonyl (C=O) groups is 1. The van der Waals surface area contributed by atoms with Gasteiger partial charge in [0.15, 0.2) is 5.78 Å². The first kappa shape index (κ1) is 28.5. The molecule has 6 heteroatoms. The van der Waals surface area contributed by atoms with Crippen LogP contribution in [0.3, 0.4) is 0 Å². The van der Waals surface area contributed by atoms with Gasteiger partial charge < -0.3 is 25.5 Å². The molecular weight excluding hydrogens is 372 g/mol. The molecular formula is C23H46O6. The lowest BCUT2D eigenvalue weighted by Crippen LogP contribution is -2.50. The normalized spacial score (nSPS) is 16.9. The highest BCUT2D eigenvalue weighted by molar-refractivity contribution is 5.80. The van der Waals surface area contributed by atoms with Crippen molar-refractivity contribution in [1.29, 1.82) is 0 Å². The summed E-state index contributed by atoms with van der Waals surface area (Å²) in [4.78, 5) is 11.0. The number of rotatable bonds is 20. The van der Waals surface area contributed by atoms with Gasteiger partial charge >= 0.3 is 0 Å². The number of carbonyl (C=O) groups excluding carboxylic acids is 1. The van der Waals surface area contributed by atoms with Gasteiger partial charge in [-0.1, -0.05) is 96.8 Å². The summed E-state index contributed by atoms with van der Waals surface area (Å²) in [6.45, 7) is 3.32. The highest BCUT2D eigenvalue weighted by atomic mass is 16.4. The fourth-order valence-corrected chi connectivity index (χ4v) is 3.58. The molecule has 0 fully saturated rings. The Morgan fingerprint density at radius 1 is 0.586 bits per heavy atom. The molecule has 0 spiro atoms. The molecule has 0 bridgehead atoms. The Balaban J connectivity index is 3.61. The third-order valence-electron chi connectivity index (χ3n) is 5.69. The van der Waals surface area contributed by atoms with E-state index < -0.39 is 36.3 Å². The van der Waals surface area contributed by atoms with E-state index in [2.05, 4.69) is 6.92 Å². The molecule has 0 aromatic heterocycles. The molecule has 0 aromatic rings. The molecule has 0 amide bonds. The van der Waals surface area contributed by atoms with E-state index >= 15 is 0 Å². The van der Waals surface area contributed by atoms with Crippen molar-refractivity contribution in [3.8, 4) is 0 Å². The Kier molecular flexibility index (Phi) is 17.9. The SMILES string of the molecule is CCCCCCCCCCCCCCCCC(O)C(O)C(O)C(O)C(O)C(C)=O. The summed E-state index contributed by atoms with van der Waals surface area (Å²) in [6.07, 6.45) is 9.36. The molecule has 0 saturated heterocycles. The van der Waals surface area contributed by atoms with E-state index in [9.17, 15) is 30.3 Å². The largest absolute Gasteiger partial charge is 0.390 e. The number of hydrogen-bond acceptors (Lipinski definition) is 6. The smallest absolute Gasteiger partial charge is 0.160 e. The first-order valence-electron chi connectivity index (χ1n) is 11.7. The molecule has 0 aromatic carbocycles. The van der Waals surface area contributed by atoms with Crippen molar-refractivity contribution in [1.82, 2.24) is 0 Å². The topological polar surface area (TPSA) is 118 Å². The van der Waals surface area contributed by atoms with Gasteiger partial charge in [-0.15, -0.1) is 0 Å². The van der Waals surface area contributed by atoms with Crippen LogP contribution < -0.4 is 0 Å². The van der Waals surface area contributed by atoms with Gasteiger partial charge in [0.25, 0.3) is 0 Å². The fourth-order valence-electron chi connectivity index (χ4n) is 3.58. The number of ketones is 1. The predicted molar refractivity (Wildman–Crippen MR) is 116 cm³/mol. The van der Waals surface area contributed by atoms with Crippen LogP contribution in [0.2, 0.25) is 0 Å². The minimum absolute atomic E-state index is 0.305. The van der Waals surface area contributed by atoms with Crippen LogP contribution in [0.4, 0.5) is 0 Å². The van der Waals surface area contributed by atoms with Crippen LogP contribution in [0.5, 0.6) is 0 Å². The third-order valence-corrected chi connectivity index (χ3v) is 5.69. The first-order chi connectivity index (χ1) is 13.8. The van der Waals surface area contributed by atoms with Crippen LogP contribution in [0.15, 0.2) is 0 Å². The molecule has 5 N–H and O–H groups in total. The molecule has 0 aliphatic heterocycles. The number of aliphatic hydroxyl groups excluding tert-OH is 5. The van der Waals surface area contributed by atoms with Gasteiger partial charge in [-0.2, -0.15) is 0 Å². The van der Waals surface area contributed by atoms with E-state index in [1.54, 1.807) is 0 Å². The minimum atomic E-state index is -1.81. The van der Waals surface area contributed by atoms with Crippen molar-refractivity contribution in [2.75, 3.05) is 0 Å². The minimum Gasteiger partial charge on any atom is -0.390 e. The Morgan fingerprint density at radius 3 is 1.34 bits per heavy atom. The summed E-state index contributed by atoms with van der Waals surface area (Å²) in [7, 11) is 0. The average Bonchev–Trinajstić information content (AvgIpc) is 2.71. The van der Waals surface area contributed by atoms with Crippen molar-refractivity contribution in [3.63, 3.8) is 0 Å². The number of unbranched alkanes of at least 4 members (excludes halogenated alkanes) is 13. The molecule has 0 aliphatic rings. The van der Waals surface area contributed by atoms with E-state index in [1.807, 2.05) is 0 Å². The second-order valence-corrected chi connectivity index (χ2v) is 8.48. The maximum Gasteiger partial charge on any atom is 0.160 e. The van der Waals surface area contributed by atoms with Gasteiger partial charge in [0, 0.05) is 0 Å². The van der Waals surface area contributed by atoms with Crippen molar-refractivity contribution in [3.05, 3.63) is 0 Å². The highest BCUT2D eigenvalue weighted by Crippen LogP contribution is 2.16. The fraction of sp³-hybridized carbons (Fsp3) is 0.957. The lowest BCUT2D eigenvalue weighted by atomic mass is 9.95. The van der Waals surface area contributed by atoms with Crippen LogP contribution in [-0.4, -0.2) is 61.8 Å². The number of Topliss-reactive ketones (excluding diaryl/α,β-unsaturated/α-hetero) is 1. The molecule has 29 heavy (non-hydrogen) atoms. The van der Waals surface area contributed by atoms with Gasteiger partial charge in [0.05, 0.1) is 6.10 Å². The molecule has 5 unspecified atom stereocenters. The summed E-state index contributed by atoms with van der Waals surface area (Å²) < 4.78 is 0. The summed E-state index contributed by atoms with van der Waals surface area (Å²) >= 11 is 0. The second kappa shape index (κ2) is 18.3. The molecule has 0 aliphatic carbocycles. The second-order valence-electron chi connectivity index (χ2n) is 8.48. The van der Waals surface area contributed by atoms with Crippen LogP contribution in [0.25, 0.3) is 0 Å². The molecule has 5 atom stereocenters. The lowest BCUT2D eigenvalue weighted by molar-refractivity contribution is -0.151. The monoisotopic (exact) mass is 418 g/mol. The summed E-state index contributed by atoms with van der Waals surface area (Å²) in [6, 6.07) is 0. The maximum atomic E-state index is 11.0. The van der Waals surface area contributed by atoms with Crippen LogP contribution in [0.1, 0.15) is 110 Å². The standard InChI is InChI=1S/C23H46O6/c1-3-4-5-6-7-8-9-10-11-12-13-14-15-16-17-19(25)21(27)23(29)22(28)20(26)18(2)24/h19-23,25-29H,3-17H2,1-2H3. The zero-order valence-electron chi connectivity index (χ0n) is 18.6. The third kappa shape index (κ3) is 14.2. The summed E-state index contributed by atoms with van der Waals surface area (Å²) in [5.74, 6) is -0.704. The van der Waals surface area contributed by atoms with Crippen molar-refractivity contribution in [2.45, 2.75) is 141 Å². The highest BCUT2D eigenvalue weighted by Gasteiger charge is 2.35. The number of hydrogen-bond donors (Lipinski definition) is 5. The Hall–Kier alpha value is -0.530. The van der Waals surface area contributed by atoms with Gasteiger partial charge in [-0.05, 0) is 13.3 Å². The van der Waals surface area contributed by atoms with Crippen molar-refractivity contribution < 1.29 is 30.3 Å². The molecule has 0 heterocycles. The summed E-state index contributed by atoms with van der Waals surface area (Å²) in [5.41, 5.74) is 0. The van der Waals surface area contributed by atoms with Crippen LogP contribution >= 0.6 is 0 Å². The molecule has 6 nitrogen and oxygen atoms in total. The van der Waals surface area contributed by atoms with Crippen LogP contribution in [-0.2, 0) is 4.79 Å². The van der Waals surface area contributed by atoms with E-state index in [-0.39, 0.29) is 0 Å². The molecule has 174 valence electrons. The van der Waals surface area contributed by atoms with E-state index in [4.69, 9.17) is 0 Å². The van der Waals surface area contributed by atoms with Gasteiger partial charge in [-0.3, -0.25) is 4.79 Å². The van der Waals surface area contributed by atoms with E-state index in [0.717, 1.165) is 19.8 Å². The van der Waals surface area contributed by atoms with Gasteiger partial charge in [0.2, 0.25) is 0 Å². The lowest BCUT2D eigenvalue weighted by Gasteiger charge is -2.28. The maximum absolute atomic E-state index is 11.0. The Morgan fingerprint density at radius 2 is 0.966 bits per heavy atom.